The number of fused-ring (bicyclic) bond motifs is 1. The molecule has 0 fully saturated rings. The molecule has 1 atom stereocenters. The zero-order chi connectivity index (χ0) is 24.2. The van der Waals surface area contributed by atoms with E-state index in [1.165, 1.54) is 49.9 Å². The first-order chi connectivity index (χ1) is 15.1. The molecule has 2 aliphatic carbocycles. The second-order valence-electron chi connectivity index (χ2n) is 10.2. The Labute approximate surface area is 197 Å². The van der Waals surface area contributed by atoms with Crippen molar-refractivity contribution in [3.8, 4) is 0 Å². The molecule has 174 valence electrons. The molecule has 0 aliphatic heterocycles. The maximum absolute atomic E-state index is 4.94. The second kappa shape index (κ2) is 10.6. The Morgan fingerprint density at radius 3 is 2.34 bits per heavy atom. The van der Waals surface area contributed by atoms with Crippen LogP contribution in [0.15, 0.2) is 47.7 Å². The number of hydrogen-bond donors (Lipinski definition) is 0. The van der Waals surface area contributed by atoms with Crippen LogP contribution in [-0.2, 0) is 5.41 Å². The first kappa shape index (κ1) is 26.1. The third-order valence-electron chi connectivity index (χ3n) is 6.57. The molecule has 0 saturated heterocycles. The normalized spacial score (nSPS) is 18.6. The molecule has 1 aromatic carbocycles. The minimum absolute atomic E-state index is 0.0112. The van der Waals surface area contributed by atoms with E-state index in [0.717, 1.165) is 18.8 Å². The molecule has 1 unspecified atom stereocenters. The lowest BCUT2D eigenvalue weighted by Gasteiger charge is -2.42. The van der Waals surface area contributed by atoms with E-state index in [0.29, 0.717) is 5.92 Å². The average Bonchev–Trinajstić information content (AvgIpc) is 2.75. The van der Waals surface area contributed by atoms with Gasteiger partial charge in [-0.05, 0) is 91.7 Å². The van der Waals surface area contributed by atoms with Gasteiger partial charge in [0.2, 0.25) is 0 Å². The Hall–Kier alpha value is -2.15. The summed E-state index contributed by atoms with van der Waals surface area (Å²) < 4.78 is 0. The van der Waals surface area contributed by atoms with E-state index in [-0.39, 0.29) is 5.41 Å². The van der Waals surface area contributed by atoms with Gasteiger partial charge in [-0.25, -0.2) is 0 Å². The van der Waals surface area contributed by atoms with Crippen LogP contribution in [0, 0.1) is 25.7 Å². The van der Waals surface area contributed by atoms with E-state index >= 15 is 0 Å². The van der Waals surface area contributed by atoms with Gasteiger partial charge in [0.15, 0.2) is 0 Å². The summed E-state index contributed by atoms with van der Waals surface area (Å²) >= 11 is 0. The van der Waals surface area contributed by atoms with Crippen molar-refractivity contribution in [2.75, 3.05) is 0 Å². The standard InChI is InChI=1S/C25H29N.C4H10.C2H6/c1-7-8-9-18-11-10-15(2)23-21(18)24-22-19(12-13-26-24)17(4)16(3)14-20(22)25(23,5)6;1-4(2)3;1-2/h7-8,10,12-14,18H,9,11H2,1-6H3;4H,1-3H3;1-2H3. The van der Waals surface area contributed by atoms with Crippen molar-refractivity contribution in [2.24, 2.45) is 11.8 Å². The van der Waals surface area contributed by atoms with Crippen LogP contribution in [0.25, 0.3) is 16.3 Å². The molecule has 1 aromatic heterocycles. The monoisotopic (exact) mass is 431 g/mol. The predicted octanol–water partition coefficient (Wildman–Crippen LogP) is 9.52. The molecule has 1 heteroatoms. The number of hydrogen-bond acceptors (Lipinski definition) is 1. The SMILES string of the molecule is CC.CC(C)C.CC=CCC1CC=C(C)C2=C1c1nccc3c(C)c(C)cc(c13)C2(C)C. The van der Waals surface area contributed by atoms with E-state index in [1.807, 2.05) is 20.0 Å². The number of allylic oxidation sites excluding steroid dienone is 6. The fraction of sp³-hybridized carbons (Fsp3) is 0.516. The summed E-state index contributed by atoms with van der Waals surface area (Å²) in [5.41, 5.74) is 9.89. The summed E-state index contributed by atoms with van der Waals surface area (Å²) in [6.07, 6.45) is 11.1. The molecule has 0 N–H and O–H groups in total. The van der Waals surface area contributed by atoms with E-state index in [4.69, 9.17) is 4.98 Å². The zero-order valence-electron chi connectivity index (χ0n) is 22.5. The van der Waals surface area contributed by atoms with Crippen molar-refractivity contribution in [2.45, 2.75) is 94.4 Å². The van der Waals surface area contributed by atoms with Gasteiger partial charge in [0.05, 0.1) is 5.69 Å². The number of pyridine rings is 1. The Kier molecular flexibility index (Phi) is 8.68. The topological polar surface area (TPSA) is 12.9 Å². The van der Waals surface area contributed by atoms with Crippen molar-refractivity contribution >= 4 is 16.3 Å². The molecule has 0 spiro atoms. The van der Waals surface area contributed by atoms with Crippen LogP contribution in [0.4, 0.5) is 0 Å². The molecule has 1 nitrogen and oxygen atoms in total. The lowest BCUT2D eigenvalue weighted by atomic mass is 9.62. The Bertz CT molecular complexity index is 1040. The summed E-state index contributed by atoms with van der Waals surface area (Å²) in [5, 5.41) is 2.76. The zero-order valence-corrected chi connectivity index (χ0v) is 22.5. The van der Waals surface area contributed by atoms with Gasteiger partial charge in [-0.3, -0.25) is 4.98 Å². The predicted molar refractivity (Wildman–Crippen MR) is 144 cm³/mol. The van der Waals surface area contributed by atoms with Crippen LogP contribution in [0.2, 0.25) is 0 Å². The highest BCUT2D eigenvalue weighted by Gasteiger charge is 2.40. The number of aromatic nitrogens is 1. The first-order valence-corrected chi connectivity index (χ1v) is 12.5. The van der Waals surface area contributed by atoms with Crippen molar-refractivity contribution in [3.63, 3.8) is 0 Å². The minimum atomic E-state index is 0.0112. The molecule has 0 bridgehead atoms. The average molecular weight is 432 g/mol. The van der Waals surface area contributed by atoms with Crippen LogP contribution in [0.1, 0.15) is 97.5 Å². The summed E-state index contributed by atoms with van der Waals surface area (Å²) in [6.45, 7) is 24.2. The fourth-order valence-corrected chi connectivity index (χ4v) is 5.10. The van der Waals surface area contributed by atoms with Gasteiger partial charge >= 0.3 is 0 Å². The van der Waals surface area contributed by atoms with E-state index in [1.54, 1.807) is 0 Å². The highest BCUT2D eigenvalue weighted by Crippen LogP contribution is 2.53. The molecule has 1 heterocycles. The molecule has 2 aromatic rings. The Morgan fingerprint density at radius 2 is 1.75 bits per heavy atom. The summed E-state index contributed by atoms with van der Waals surface area (Å²) in [6, 6.07) is 4.62. The molecule has 4 rings (SSSR count). The van der Waals surface area contributed by atoms with Crippen molar-refractivity contribution in [1.29, 1.82) is 0 Å². The van der Waals surface area contributed by atoms with Gasteiger partial charge < -0.3 is 0 Å². The molecule has 0 saturated carbocycles. The van der Waals surface area contributed by atoms with Gasteiger partial charge in [-0.15, -0.1) is 0 Å². The molecular formula is C31H45N. The van der Waals surface area contributed by atoms with Gasteiger partial charge in [0, 0.05) is 17.0 Å². The minimum Gasteiger partial charge on any atom is -0.256 e. The molecule has 0 radical (unpaired) electrons. The highest BCUT2D eigenvalue weighted by molar-refractivity contribution is 6.02. The van der Waals surface area contributed by atoms with Crippen LogP contribution < -0.4 is 0 Å². The van der Waals surface area contributed by atoms with Crippen LogP contribution in [0.5, 0.6) is 0 Å². The number of rotatable bonds is 2. The Morgan fingerprint density at radius 1 is 1.12 bits per heavy atom. The van der Waals surface area contributed by atoms with Gasteiger partial charge in [0.25, 0.3) is 0 Å². The quantitative estimate of drug-likeness (QED) is 0.431. The van der Waals surface area contributed by atoms with Crippen molar-refractivity contribution < 1.29 is 0 Å². The molecule has 2 aliphatic rings. The lowest BCUT2D eigenvalue weighted by Crippen LogP contribution is -2.30. The molecule has 32 heavy (non-hydrogen) atoms. The highest BCUT2D eigenvalue weighted by atomic mass is 14.7. The number of benzene rings is 1. The fourth-order valence-electron chi connectivity index (χ4n) is 5.10. The summed E-state index contributed by atoms with van der Waals surface area (Å²) in [4.78, 5) is 4.94. The largest absolute Gasteiger partial charge is 0.256 e. The van der Waals surface area contributed by atoms with Crippen molar-refractivity contribution in [3.05, 3.63) is 70.1 Å². The third-order valence-corrected chi connectivity index (χ3v) is 6.57. The van der Waals surface area contributed by atoms with Crippen LogP contribution >= 0.6 is 0 Å². The van der Waals surface area contributed by atoms with Gasteiger partial charge in [0.1, 0.15) is 0 Å². The Balaban J connectivity index is 0.000000547. The second-order valence-corrected chi connectivity index (χ2v) is 10.2. The van der Waals surface area contributed by atoms with Crippen LogP contribution in [-0.4, -0.2) is 4.98 Å². The first-order valence-electron chi connectivity index (χ1n) is 12.5. The lowest BCUT2D eigenvalue weighted by molar-refractivity contribution is 0.592. The third kappa shape index (κ3) is 4.77. The number of nitrogens with zero attached hydrogens (tertiary/aromatic N) is 1. The van der Waals surface area contributed by atoms with Gasteiger partial charge in [-0.1, -0.05) is 78.3 Å². The van der Waals surface area contributed by atoms with Crippen LogP contribution in [0.3, 0.4) is 0 Å². The molecule has 0 amide bonds. The van der Waals surface area contributed by atoms with E-state index in [9.17, 15) is 0 Å². The smallest absolute Gasteiger partial charge is 0.0749 e. The van der Waals surface area contributed by atoms with E-state index < -0.39 is 0 Å². The summed E-state index contributed by atoms with van der Waals surface area (Å²) in [7, 11) is 0. The van der Waals surface area contributed by atoms with Crippen molar-refractivity contribution in [1.82, 2.24) is 4.98 Å². The molecular weight excluding hydrogens is 386 g/mol. The van der Waals surface area contributed by atoms with Gasteiger partial charge in [-0.2, -0.15) is 0 Å². The number of aryl methyl sites for hydroxylation is 2. The maximum atomic E-state index is 4.94. The summed E-state index contributed by atoms with van der Waals surface area (Å²) in [5.74, 6) is 1.36. The maximum Gasteiger partial charge on any atom is 0.0749 e. The van der Waals surface area contributed by atoms with E-state index in [2.05, 4.69) is 92.7 Å².